The van der Waals surface area contributed by atoms with Gasteiger partial charge in [0, 0.05) is 43.0 Å². The first-order chi connectivity index (χ1) is 32.5. The Morgan fingerprint density at radius 2 is 1.23 bits per heavy atom. The number of hydrogen-bond acceptors (Lipinski definition) is 4. The number of pyridine rings is 1. The van der Waals surface area contributed by atoms with E-state index in [-0.39, 0.29) is 43.1 Å². The molecular formula is C62H53N4O2Pt-. The second kappa shape index (κ2) is 15.8. The van der Waals surface area contributed by atoms with Gasteiger partial charge < -0.3 is 13.9 Å². The third-order valence-corrected chi connectivity index (χ3v) is 14.0. The van der Waals surface area contributed by atoms with Crippen molar-refractivity contribution < 1.29 is 30.6 Å². The fourth-order valence-corrected chi connectivity index (χ4v) is 10.3. The first-order valence-corrected chi connectivity index (χ1v) is 23.6. The zero-order chi connectivity index (χ0) is 47.0. The van der Waals surface area contributed by atoms with E-state index in [0.717, 1.165) is 110 Å². The third-order valence-electron chi connectivity index (χ3n) is 14.0. The second-order valence-corrected chi connectivity index (χ2v) is 21.6. The van der Waals surface area contributed by atoms with Crippen molar-refractivity contribution in [1.82, 2.24) is 18.9 Å². The minimum absolute atomic E-state index is 0. The number of aromatic nitrogens is 4. The average Bonchev–Trinajstić information content (AvgIpc) is 4.02. The Kier molecular flexibility index (Phi) is 10.2. The molecule has 0 spiro atoms. The molecule has 8 aromatic carbocycles. The van der Waals surface area contributed by atoms with Crippen LogP contribution in [0, 0.1) is 6.07 Å². The molecule has 7 heteroatoms. The summed E-state index contributed by atoms with van der Waals surface area (Å²) in [7, 11) is 0. The van der Waals surface area contributed by atoms with E-state index in [0.29, 0.717) is 11.4 Å². The second-order valence-electron chi connectivity index (χ2n) is 21.6. The average molecular weight is 1080 g/mol. The number of hydrogen-bond donors (Lipinski definition) is 1. The summed E-state index contributed by atoms with van der Waals surface area (Å²) in [5.41, 5.74) is 15.5. The molecule has 0 aliphatic heterocycles. The van der Waals surface area contributed by atoms with Gasteiger partial charge in [0.2, 0.25) is 0 Å². The summed E-state index contributed by atoms with van der Waals surface area (Å²) in [6.45, 7) is 19.9. The summed E-state index contributed by atoms with van der Waals surface area (Å²) in [6.07, 6.45) is 0. The maximum Gasteiger partial charge on any atom is 0.158 e. The number of nitrogens with zero attached hydrogens (tertiary/aromatic N) is 4. The number of phenolic OH excluding ortho intramolecular Hbond substituents is 1. The number of rotatable bonds is 4. The topological polar surface area (TPSA) is 68.5 Å². The van der Waals surface area contributed by atoms with Gasteiger partial charge in [-0.05, 0) is 80.8 Å². The molecule has 0 saturated heterocycles. The molecule has 0 amide bonds. The molecule has 0 radical (unpaired) electrons. The van der Waals surface area contributed by atoms with Gasteiger partial charge in [0.1, 0.15) is 17.2 Å². The number of aromatic hydroxyl groups is 1. The summed E-state index contributed by atoms with van der Waals surface area (Å²) >= 11 is 0. The molecule has 0 unspecified atom stereocenters. The Labute approximate surface area is 416 Å². The molecule has 12 aromatic rings. The smallest absolute Gasteiger partial charge is 0.158 e. The van der Waals surface area contributed by atoms with Gasteiger partial charge in [-0.15, -0.1) is 23.8 Å². The molecule has 4 heterocycles. The maximum absolute atomic E-state index is 12.6. The van der Waals surface area contributed by atoms with Crippen LogP contribution in [0.2, 0.25) is 0 Å². The molecule has 344 valence electrons. The van der Waals surface area contributed by atoms with Crippen molar-refractivity contribution in [3.8, 4) is 45.1 Å². The van der Waals surface area contributed by atoms with Crippen molar-refractivity contribution >= 4 is 71.3 Å². The molecule has 6 nitrogen and oxygen atoms in total. The van der Waals surface area contributed by atoms with Crippen LogP contribution in [0.1, 0.15) is 79.0 Å². The van der Waals surface area contributed by atoms with E-state index in [9.17, 15) is 5.11 Å². The number of benzene rings is 8. The number of para-hydroxylation sites is 4. The molecule has 0 aliphatic rings. The quantitative estimate of drug-likeness (QED) is 0.141. The summed E-state index contributed by atoms with van der Waals surface area (Å²) in [4.78, 5) is 11.0. The summed E-state index contributed by atoms with van der Waals surface area (Å²) < 4.78 is 11.2. The monoisotopic (exact) mass is 1080 g/mol. The van der Waals surface area contributed by atoms with E-state index in [2.05, 4.69) is 211 Å². The van der Waals surface area contributed by atoms with Crippen molar-refractivity contribution in [2.24, 2.45) is 0 Å². The standard InChI is InChI=1S/C62H53N4O2.Pt/c1-60(2,3)38-27-31-50(45(33-38)36-18-11-10-12-19-36)65-52-24-17-21-40(54(52)64-59(65)47-34-39(61(4,5)6)35-48(56(47)67)62(7,8)9)37-26-28-41-43-29-30-44-42-20-13-16-25-53(42)68-57(44)55(43)66-51-23-15-14-22-49(51)63-58(66)46(41)32-37;/h10-31,33-35,67H,1-9H3;/q-1;. The third kappa shape index (κ3) is 7.01. The van der Waals surface area contributed by atoms with E-state index in [1.165, 1.54) is 5.56 Å². The van der Waals surface area contributed by atoms with Crippen molar-refractivity contribution in [2.75, 3.05) is 0 Å². The molecule has 0 fully saturated rings. The zero-order valence-electron chi connectivity index (χ0n) is 40.4. The van der Waals surface area contributed by atoms with Crippen molar-refractivity contribution in [3.05, 3.63) is 174 Å². The fraction of sp³-hybridized carbons (Fsp3) is 0.194. The number of furan rings is 1. The minimum atomic E-state index is -0.338. The Morgan fingerprint density at radius 1 is 0.551 bits per heavy atom. The SMILES string of the molecule is CC(C)(C)c1ccc(-n2c(-c3cc(C(C)(C)C)cc(C(C)(C)C)c3O)nc3c(-c4[c-]c5c(cc4)c4ccc6c7ccccc7oc6c4n4c6ccccc6nc54)cccc32)c(-c2ccccc2)c1.[Pt]. The fourth-order valence-electron chi connectivity index (χ4n) is 10.3. The largest absolute Gasteiger partial charge is 0.507 e. The summed E-state index contributed by atoms with van der Waals surface area (Å²) in [5.74, 6) is 0.915. The first-order valence-electron chi connectivity index (χ1n) is 23.6. The van der Waals surface area contributed by atoms with Crippen LogP contribution in [-0.2, 0) is 37.3 Å². The van der Waals surface area contributed by atoms with E-state index >= 15 is 0 Å². The van der Waals surface area contributed by atoms with Crippen LogP contribution >= 0.6 is 0 Å². The van der Waals surface area contributed by atoms with Gasteiger partial charge in [-0.2, -0.15) is 0 Å². The van der Waals surface area contributed by atoms with Gasteiger partial charge in [0.15, 0.2) is 5.58 Å². The number of phenols is 1. The number of fused-ring (bicyclic) bond motifs is 13. The van der Waals surface area contributed by atoms with Gasteiger partial charge in [0.25, 0.3) is 0 Å². The van der Waals surface area contributed by atoms with Gasteiger partial charge in [-0.3, -0.25) is 9.55 Å². The van der Waals surface area contributed by atoms with Crippen LogP contribution in [0.4, 0.5) is 0 Å². The van der Waals surface area contributed by atoms with E-state index in [1.807, 2.05) is 18.2 Å². The van der Waals surface area contributed by atoms with Crippen LogP contribution in [0.15, 0.2) is 156 Å². The maximum atomic E-state index is 12.6. The molecule has 4 aromatic heterocycles. The molecule has 0 atom stereocenters. The van der Waals surface area contributed by atoms with E-state index in [4.69, 9.17) is 14.4 Å². The van der Waals surface area contributed by atoms with Crippen molar-refractivity contribution in [1.29, 1.82) is 0 Å². The first kappa shape index (κ1) is 44.5. The molecule has 1 N–H and O–H groups in total. The van der Waals surface area contributed by atoms with Crippen molar-refractivity contribution in [3.63, 3.8) is 0 Å². The van der Waals surface area contributed by atoms with Crippen LogP contribution in [0.25, 0.3) is 111 Å². The predicted molar refractivity (Wildman–Crippen MR) is 283 cm³/mol. The van der Waals surface area contributed by atoms with Crippen LogP contribution in [-0.4, -0.2) is 24.0 Å². The normalized spacial score (nSPS) is 12.7. The molecule has 69 heavy (non-hydrogen) atoms. The predicted octanol–water partition coefficient (Wildman–Crippen LogP) is 16.4. The summed E-state index contributed by atoms with van der Waals surface area (Å²) in [6, 6.07) is 57.4. The van der Waals surface area contributed by atoms with Gasteiger partial charge >= 0.3 is 0 Å². The molecule has 0 aliphatic carbocycles. The Morgan fingerprint density at radius 3 is 2.00 bits per heavy atom. The Balaban J connectivity index is 0.00000520. The molecule has 0 bridgehead atoms. The van der Waals surface area contributed by atoms with Gasteiger partial charge in [0.05, 0.1) is 44.5 Å². The zero-order valence-corrected chi connectivity index (χ0v) is 42.7. The van der Waals surface area contributed by atoms with Crippen LogP contribution in [0.5, 0.6) is 5.75 Å². The summed E-state index contributed by atoms with van der Waals surface area (Å²) in [5, 5.41) is 17.8. The van der Waals surface area contributed by atoms with Gasteiger partial charge in [-0.25, -0.2) is 4.98 Å². The van der Waals surface area contributed by atoms with E-state index < -0.39 is 0 Å². The minimum Gasteiger partial charge on any atom is -0.507 e. The van der Waals surface area contributed by atoms with E-state index in [1.54, 1.807) is 0 Å². The number of imidazole rings is 2. The Hall–Kier alpha value is -7.01. The van der Waals surface area contributed by atoms with Crippen LogP contribution in [0.3, 0.4) is 0 Å². The molecular weight excluding hydrogens is 1030 g/mol. The molecule has 0 saturated carbocycles. The van der Waals surface area contributed by atoms with Crippen LogP contribution < -0.4 is 0 Å². The molecule has 12 rings (SSSR count). The Bertz CT molecular complexity index is 4040. The van der Waals surface area contributed by atoms with Gasteiger partial charge in [-0.1, -0.05) is 176 Å². The van der Waals surface area contributed by atoms with Crippen molar-refractivity contribution in [2.45, 2.75) is 78.6 Å².